The molecule has 0 aliphatic carbocycles. The van der Waals surface area contributed by atoms with Crippen molar-refractivity contribution in [2.24, 2.45) is 11.7 Å². The van der Waals surface area contributed by atoms with E-state index >= 15 is 0 Å². The Hall–Kier alpha value is -2.00. The van der Waals surface area contributed by atoms with E-state index in [9.17, 15) is 9.59 Å². The molecule has 3 fully saturated rings. The van der Waals surface area contributed by atoms with E-state index in [-0.39, 0.29) is 47.9 Å². The van der Waals surface area contributed by atoms with Gasteiger partial charge in [-0.05, 0) is 45.6 Å². The highest BCUT2D eigenvalue weighted by Crippen LogP contribution is 2.42. The summed E-state index contributed by atoms with van der Waals surface area (Å²) in [5.74, 6) is -0.288. The molecule has 35 heavy (non-hydrogen) atoms. The van der Waals surface area contributed by atoms with Gasteiger partial charge in [-0.2, -0.15) is 0 Å². The van der Waals surface area contributed by atoms with Crippen LogP contribution in [0.3, 0.4) is 0 Å². The van der Waals surface area contributed by atoms with Gasteiger partial charge in [0.2, 0.25) is 5.91 Å². The van der Waals surface area contributed by atoms with Crippen molar-refractivity contribution >= 4 is 11.9 Å². The van der Waals surface area contributed by atoms with E-state index in [1.54, 1.807) is 13.0 Å². The zero-order valence-corrected chi connectivity index (χ0v) is 21.7. The largest absolute Gasteiger partial charge is 0.459 e. The van der Waals surface area contributed by atoms with E-state index in [0.717, 1.165) is 32.3 Å². The highest BCUT2D eigenvalue weighted by atomic mass is 16.6. The van der Waals surface area contributed by atoms with Crippen molar-refractivity contribution < 1.29 is 28.5 Å². The predicted molar refractivity (Wildman–Crippen MR) is 134 cm³/mol. The summed E-state index contributed by atoms with van der Waals surface area (Å²) in [6.45, 7) is 10.6. The fourth-order valence-corrected chi connectivity index (χ4v) is 4.90. The number of rotatable bonds is 9. The molecule has 0 aromatic rings. The lowest BCUT2D eigenvalue weighted by Gasteiger charge is -2.39. The number of allylic oxidation sites excluding steroid dienone is 2. The van der Waals surface area contributed by atoms with Crippen LogP contribution >= 0.6 is 0 Å². The molecule has 0 saturated carbocycles. The van der Waals surface area contributed by atoms with Crippen LogP contribution in [-0.4, -0.2) is 67.2 Å². The average Bonchev–Trinajstić information content (AvgIpc) is 3.54. The number of esters is 1. The lowest BCUT2D eigenvalue weighted by atomic mass is 9.88. The molecule has 3 N–H and O–H groups in total. The third-order valence-corrected chi connectivity index (χ3v) is 7.02. The predicted octanol–water partition coefficient (Wildman–Crippen LogP) is 2.96. The monoisotopic (exact) mass is 490 g/mol. The first-order valence-corrected chi connectivity index (χ1v) is 12.7. The molecule has 3 saturated heterocycles. The van der Waals surface area contributed by atoms with Crippen LogP contribution in [0.2, 0.25) is 0 Å². The minimum absolute atomic E-state index is 0.0151. The highest BCUT2D eigenvalue weighted by molar-refractivity contribution is 5.87. The second-order valence-electron chi connectivity index (χ2n) is 10.3. The summed E-state index contributed by atoms with van der Waals surface area (Å²) >= 11 is 0. The number of hydrogen-bond donors (Lipinski definition) is 2. The summed E-state index contributed by atoms with van der Waals surface area (Å²) in [7, 11) is 0. The molecule has 196 valence electrons. The normalized spacial score (nSPS) is 36.5. The molecule has 8 atom stereocenters. The Labute approximate surface area is 209 Å². The topological polar surface area (TPSA) is 112 Å². The van der Waals surface area contributed by atoms with Gasteiger partial charge in [-0.15, -0.1) is 0 Å². The molecule has 3 rings (SSSR count). The molecule has 8 nitrogen and oxygen atoms in total. The standard InChI is InChI=1S/C27H42N2O6/c1-17(6-9-22-13-27(16-32-27)14-23(15-28)35-22)7-10-25-18(2)12-24(20(4)34-25)29-26(31)11-8-19(3)33-21(5)30/h6-9,11,18-20,22-25H,10,12-16,28H2,1-5H3,(H,29,31)/b9-6+,11-8-,17-7+/t18-,19-,20+,22+,23-,24+,25-,27?/m0/s1. The fourth-order valence-electron chi connectivity index (χ4n) is 4.90. The van der Waals surface area contributed by atoms with Crippen molar-refractivity contribution in [2.45, 2.75) is 102 Å². The molecule has 3 aliphatic rings. The van der Waals surface area contributed by atoms with E-state index in [0.29, 0.717) is 12.5 Å². The van der Waals surface area contributed by atoms with Gasteiger partial charge in [0.15, 0.2) is 0 Å². The Kier molecular flexibility index (Phi) is 9.69. The van der Waals surface area contributed by atoms with Gasteiger partial charge in [0.05, 0.1) is 42.7 Å². The van der Waals surface area contributed by atoms with Gasteiger partial charge in [-0.1, -0.05) is 30.7 Å². The molecule has 0 radical (unpaired) electrons. The highest BCUT2D eigenvalue weighted by Gasteiger charge is 2.50. The van der Waals surface area contributed by atoms with Crippen molar-refractivity contribution in [1.82, 2.24) is 5.32 Å². The van der Waals surface area contributed by atoms with E-state index in [1.807, 2.05) is 6.92 Å². The molecule has 8 heteroatoms. The molecular formula is C27H42N2O6. The van der Waals surface area contributed by atoms with Gasteiger partial charge in [0.25, 0.3) is 0 Å². The maximum Gasteiger partial charge on any atom is 0.303 e. The SMILES string of the molecule is CC(=O)O[C@@H](C)/C=C\C(=O)N[C@@H]1C[C@H](C)[C@H](C/C=C(C)/C=C/[C@@H]2CC3(CO3)C[C@@H](CN)O2)O[C@@H]1C. The molecule has 0 aromatic heterocycles. The number of hydrogen-bond acceptors (Lipinski definition) is 7. The van der Waals surface area contributed by atoms with E-state index < -0.39 is 6.10 Å². The van der Waals surface area contributed by atoms with Gasteiger partial charge >= 0.3 is 5.97 Å². The third-order valence-electron chi connectivity index (χ3n) is 7.02. The van der Waals surface area contributed by atoms with Crippen LogP contribution in [0.4, 0.5) is 0 Å². The van der Waals surface area contributed by atoms with Crippen molar-refractivity contribution in [2.75, 3.05) is 13.2 Å². The number of ether oxygens (including phenoxy) is 4. The summed E-state index contributed by atoms with van der Waals surface area (Å²) in [5.41, 5.74) is 6.98. The molecule has 1 spiro atoms. The number of nitrogens with two attached hydrogens (primary N) is 1. The summed E-state index contributed by atoms with van der Waals surface area (Å²) in [4.78, 5) is 23.3. The summed E-state index contributed by atoms with van der Waals surface area (Å²) < 4.78 is 23.0. The van der Waals surface area contributed by atoms with Gasteiger partial charge < -0.3 is 30.0 Å². The Morgan fingerprint density at radius 2 is 1.94 bits per heavy atom. The van der Waals surface area contributed by atoms with Gasteiger partial charge in [0.1, 0.15) is 6.10 Å². The molecule has 3 aliphatic heterocycles. The zero-order chi connectivity index (χ0) is 25.6. The molecule has 1 unspecified atom stereocenters. The van der Waals surface area contributed by atoms with Crippen molar-refractivity contribution in [3.63, 3.8) is 0 Å². The minimum Gasteiger partial charge on any atom is -0.459 e. The molecule has 1 amide bonds. The van der Waals surface area contributed by atoms with Crippen molar-refractivity contribution in [3.05, 3.63) is 36.0 Å². The van der Waals surface area contributed by atoms with Gasteiger partial charge in [-0.3, -0.25) is 9.59 Å². The van der Waals surface area contributed by atoms with Crippen LogP contribution in [0.5, 0.6) is 0 Å². The maximum absolute atomic E-state index is 12.3. The summed E-state index contributed by atoms with van der Waals surface area (Å²) in [6, 6.07) is -0.0664. The number of epoxide rings is 1. The molecule has 3 heterocycles. The van der Waals surface area contributed by atoms with Gasteiger partial charge in [-0.25, -0.2) is 0 Å². The first kappa shape index (κ1) is 27.6. The van der Waals surface area contributed by atoms with Crippen LogP contribution in [-0.2, 0) is 28.5 Å². The second kappa shape index (κ2) is 12.3. The van der Waals surface area contributed by atoms with Crippen molar-refractivity contribution in [3.8, 4) is 0 Å². The van der Waals surface area contributed by atoms with Crippen LogP contribution < -0.4 is 11.1 Å². The van der Waals surface area contributed by atoms with E-state index in [2.05, 4.69) is 37.4 Å². The molecular weight excluding hydrogens is 448 g/mol. The minimum atomic E-state index is -0.444. The number of carbonyl (C=O) groups excluding carboxylic acids is 2. The second-order valence-corrected chi connectivity index (χ2v) is 10.3. The van der Waals surface area contributed by atoms with E-state index in [1.165, 1.54) is 18.6 Å². The maximum atomic E-state index is 12.3. The summed E-state index contributed by atoms with van der Waals surface area (Å²) in [6.07, 6.45) is 12.5. The van der Waals surface area contributed by atoms with E-state index in [4.69, 9.17) is 24.7 Å². The lowest BCUT2D eigenvalue weighted by molar-refractivity contribution is -0.143. The smallest absolute Gasteiger partial charge is 0.303 e. The fraction of sp³-hybridized carbons (Fsp3) is 0.704. The summed E-state index contributed by atoms with van der Waals surface area (Å²) in [5, 5.41) is 3.02. The third kappa shape index (κ3) is 8.56. The lowest BCUT2D eigenvalue weighted by Crippen LogP contribution is -2.50. The molecule has 0 aromatic carbocycles. The first-order chi connectivity index (χ1) is 16.6. The Balaban J connectivity index is 1.45. The number of amides is 1. The Bertz CT molecular complexity index is 834. The van der Waals surface area contributed by atoms with Crippen LogP contribution in [0.15, 0.2) is 36.0 Å². The van der Waals surface area contributed by atoms with Crippen LogP contribution in [0.25, 0.3) is 0 Å². The van der Waals surface area contributed by atoms with Gasteiger partial charge in [0, 0.05) is 32.4 Å². The Morgan fingerprint density at radius 3 is 2.60 bits per heavy atom. The number of nitrogens with one attached hydrogen (secondary N) is 1. The quantitative estimate of drug-likeness (QED) is 0.221. The first-order valence-electron chi connectivity index (χ1n) is 12.7. The van der Waals surface area contributed by atoms with Crippen molar-refractivity contribution in [1.29, 1.82) is 0 Å². The Morgan fingerprint density at radius 1 is 1.20 bits per heavy atom. The van der Waals surface area contributed by atoms with Crippen LogP contribution in [0, 0.1) is 5.92 Å². The number of carbonyl (C=O) groups is 2. The molecule has 0 bridgehead atoms. The average molecular weight is 491 g/mol. The zero-order valence-electron chi connectivity index (χ0n) is 21.7. The van der Waals surface area contributed by atoms with Crippen LogP contribution in [0.1, 0.15) is 60.3 Å².